The van der Waals surface area contributed by atoms with Gasteiger partial charge in [0.15, 0.2) is 11.6 Å². The number of aliphatic hydroxyl groups is 1. The van der Waals surface area contributed by atoms with E-state index in [0.29, 0.717) is 0 Å². The van der Waals surface area contributed by atoms with E-state index in [0.717, 1.165) is 12.1 Å². The number of nitriles is 1. The standard InChI is InChI=1S/C11H8F2N2OS/c1-6(16)8(5-14)11(17)15-7-2-3-9(12)10(13)4-7/h2-4,16H,1H3,(H,15,17). The molecule has 2 N–H and O–H groups in total. The average Bonchev–Trinajstić information content (AvgIpc) is 2.24. The van der Waals surface area contributed by atoms with E-state index in [1.54, 1.807) is 6.07 Å². The molecule has 1 aromatic rings. The third-order valence-corrected chi connectivity index (χ3v) is 2.18. The van der Waals surface area contributed by atoms with Gasteiger partial charge in [0.25, 0.3) is 0 Å². The van der Waals surface area contributed by atoms with Crippen molar-refractivity contribution in [3.63, 3.8) is 0 Å². The third-order valence-electron chi connectivity index (χ3n) is 1.88. The minimum absolute atomic E-state index is 0.0569. The Morgan fingerprint density at radius 1 is 1.41 bits per heavy atom. The summed E-state index contributed by atoms with van der Waals surface area (Å²) in [5.41, 5.74) is 0.0765. The first kappa shape index (κ1) is 13.1. The second-order valence-electron chi connectivity index (χ2n) is 3.16. The van der Waals surface area contributed by atoms with E-state index in [1.807, 2.05) is 0 Å². The van der Waals surface area contributed by atoms with Gasteiger partial charge in [0.05, 0.1) is 0 Å². The monoisotopic (exact) mass is 254 g/mol. The zero-order chi connectivity index (χ0) is 13.0. The van der Waals surface area contributed by atoms with E-state index in [-0.39, 0.29) is 22.0 Å². The largest absolute Gasteiger partial charge is 0.511 e. The first-order chi connectivity index (χ1) is 7.95. The molecule has 0 saturated carbocycles. The quantitative estimate of drug-likeness (QED) is 0.368. The predicted octanol–water partition coefficient (Wildman–Crippen LogP) is 3.06. The van der Waals surface area contributed by atoms with Crippen LogP contribution in [-0.2, 0) is 0 Å². The Morgan fingerprint density at radius 2 is 2.06 bits per heavy atom. The lowest BCUT2D eigenvalue weighted by atomic mass is 10.2. The molecule has 17 heavy (non-hydrogen) atoms. The number of benzene rings is 1. The van der Waals surface area contributed by atoms with Crippen molar-refractivity contribution in [3.05, 3.63) is 41.2 Å². The number of thiocarbonyl (C=S) groups is 1. The van der Waals surface area contributed by atoms with Gasteiger partial charge in [-0.15, -0.1) is 0 Å². The van der Waals surface area contributed by atoms with Crippen LogP contribution in [0.4, 0.5) is 14.5 Å². The fourth-order valence-electron chi connectivity index (χ4n) is 1.06. The Balaban J connectivity index is 2.93. The van der Waals surface area contributed by atoms with Gasteiger partial charge in [0, 0.05) is 11.8 Å². The lowest BCUT2D eigenvalue weighted by molar-refractivity contribution is 0.412. The first-order valence-electron chi connectivity index (χ1n) is 4.52. The second kappa shape index (κ2) is 5.37. The molecule has 88 valence electrons. The van der Waals surface area contributed by atoms with Crippen molar-refractivity contribution >= 4 is 22.9 Å². The molecule has 0 aliphatic carbocycles. The summed E-state index contributed by atoms with van der Waals surface area (Å²) in [6.45, 7) is 1.30. The molecule has 0 amide bonds. The zero-order valence-corrected chi connectivity index (χ0v) is 9.61. The first-order valence-corrected chi connectivity index (χ1v) is 4.93. The van der Waals surface area contributed by atoms with Gasteiger partial charge >= 0.3 is 0 Å². The highest BCUT2D eigenvalue weighted by Gasteiger charge is 2.09. The number of anilines is 1. The van der Waals surface area contributed by atoms with Crippen molar-refractivity contribution in [2.24, 2.45) is 0 Å². The van der Waals surface area contributed by atoms with Crippen LogP contribution in [0.15, 0.2) is 29.5 Å². The molecule has 0 aromatic heterocycles. The van der Waals surface area contributed by atoms with Crippen LogP contribution in [0.3, 0.4) is 0 Å². The van der Waals surface area contributed by atoms with E-state index in [4.69, 9.17) is 22.6 Å². The Labute approximate surface area is 102 Å². The number of hydrogen-bond donors (Lipinski definition) is 2. The highest BCUT2D eigenvalue weighted by Crippen LogP contribution is 2.15. The number of aliphatic hydroxyl groups excluding tert-OH is 1. The molecule has 3 nitrogen and oxygen atoms in total. The van der Waals surface area contributed by atoms with E-state index in [1.165, 1.54) is 13.0 Å². The molecular formula is C11H8F2N2OS. The number of allylic oxidation sites excluding steroid dienone is 1. The summed E-state index contributed by atoms with van der Waals surface area (Å²) in [7, 11) is 0. The van der Waals surface area contributed by atoms with E-state index in [2.05, 4.69) is 5.32 Å². The molecule has 0 bridgehead atoms. The summed E-state index contributed by atoms with van der Waals surface area (Å²) in [4.78, 5) is -0.0569. The van der Waals surface area contributed by atoms with Gasteiger partial charge in [-0.05, 0) is 19.1 Å². The number of halogens is 2. The molecular weight excluding hydrogens is 246 g/mol. The SMILES string of the molecule is CC(O)=C(C#N)C(=S)Nc1ccc(F)c(F)c1. The summed E-state index contributed by atoms with van der Waals surface area (Å²) in [6.07, 6.45) is 0. The van der Waals surface area contributed by atoms with Crippen molar-refractivity contribution in [1.82, 2.24) is 0 Å². The fraction of sp³-hybridized carbons (Fsp3) is 0.0909. The topological polar surface area (TPSA) is 56.0 Å². The molecule has 0 saturated heterocycles. The minimum Gasteiger partial charge on any atom is -0.511 e. The van der Waals surface area contributed by atoms with Gasteiger partial charge in [0.1, 0.15) is 22.4 Å². The molecule has 0 heterocycles. The number of nitrogens with zero attached hydrogens (tertiary/aromatic N) is 1. The van der Waals surface area contributed by atoms with Gasteiger partial charge in [-0.3, -0.25) is 0 Å². The Bertz CT molecular complexity index is 531. The molecule has 1 rings (SSSR count). The van der Waals surface area contributed by atoms with Crippen molar-refractivity contribution in [2.45, 2.75) is 6.92 Å². The van der Waals surface area contributed by atoms with E-state index in [9.17, 15) is 8.78 Å². The molecule has 0 spiro atoms. The third kappa shape index (κ3) is 3.23. The van der Waals surface area contributed by atoms with Crippen LogP contribution in [0, 0.1) is 23.0 Å². The number of rotatable bonds is 2. The highest BCUT2D eigenvalue weighted by molar-refractivity contribution is 7.81. The maximum atomic E-state index is 12.9. The summed E-state index contributed by atoms with van der Waals surface area (Å²) in [5, 5.41) is 20.4. The maximum Gasteiger partial charge on any atom is 0.160 e. The highest BCUT2D eigenvalue weighted by atomic mass is 32.1. The molecule has 0 atom stereocenters. The van der Waals surface area contributed by atoms with Crippen LogP contribution in [0.2, 0.25) is 0 Å². The van der Waals surface area contributed by atoms with Crippen LogP contribution in [-0.4, -0.2) is 10.1 Å². The molecule has 0 aliphatic heterocycles. The summed E-state index contributed by atoms with van der Waals surface area (Å²) in [5.74, 6) is -2.25. The van der Waals surface area contributed by atoms with Crippen LogP contribution < -0.4 is 5.32 Å². The van der Waals surface area contributed by atoms with Gasteiger partial charge < -0.3 is 10.4 Å². The van der Waals surface area contributed by atoms with Crippen LogP contribution in [0.5, 0.6) is 0 Å². The van der Waals surface area contributed by atoms with Crippen LogP contribution in [0.1, 0.15) is 6.92 Å². The molecule has 6 heteroatoms. The fourth-order valence-corrected chi connectivity index (χ4v) is 1.37. The van der Waals surface area contributed by atoms with Gasteiger partial charge in [-0.1, -0.05) is 12.2 Å². The second-order valence-corrected chi connectivity index (χ2v) is 3.56. The predicted molar refractivity (Wildman–Crippen MR) is 63.5 cm³/mol. The Morgan fingerprint density at radius 3 is 2.53 bits per heavy atom. The van der Waals surface area contributed by atoms with E-state index >= 15 is 0 Å². The minimum atomic E-state index is -1.03. The number of nitrogens with one attached hydrogen (secondary N) is 1. The zero-order valence-electron chi connectivity index (χ0n) is 8.79. The normalized spacial score (nSPS) is 11.4. The summed E-state index contributed by atoms with van der Waals surface area (Å²) in [6, 6.07) is 4.81. The molecule has 0 aliphatic rings. The molecule has 1 aromatic carbocycles. The van der Waals surface area contributed by atoms with Gasteiger partial charge in [-0.25, -0.2) is 8.78 Å². The lowest BCUT2D eigenvalue weighted by Gasteiger charge is -2.07. The molecule has 0 radical (unpaired) electrons. The van der Waals surface area contributed by atoms with Gasteiger partial charge in [-0.2, -0.15) is 5.26 Å². The van der Waals surface area contributed by atoms with Crippen molar-refractivity contribution in [2.75, 3.05) is 5.32 Å². The molecule has 0 unspecified atom stereocenters. The Hall–Kier alpha value is -2.00. The number of hydrogen-bond acceptors (Lipinski definition) is 3. The lowest BCUT2D eigenvalue weighted by Crippen LogP contribution is -2.12. The summed E-state index contributed by atoms with van der Waals surface area (Å²) < 4.78 is 25.5. The van der Waals surface area contributed by atoms with Crippen molar-refractivity contribution < 1.29 is 13.9 Å². The van der Waals surface area contributed by atoms with Crippen molar-refractivity contribution in [3.8, 4) is 6.07 Å². The van der Waals surface area contributed by atoms with Crippen molar-refractivity contribution in [1.29, 1.82) is 5.26 Å². The van der Waals surface area contributed by atoms with Crippen LogP contribution in [0.25, 0.3) is 0 Å². The Kier molecular flexibility index (Phi) is 4.12. The smallest absolute Gasteiger partial charge is 0.160 e. The molecule has 0 fully saturated rings. The average molecular weight is 254 g/mol. The van der Waals surface area contributed by atoms with E-state index < -0.39 is 11.6 Å². The summed E-state index contributed by atoms with van der Waals surface area (Å²) >= 11 is 4.84. The van der Waals surface area contributed by atoms with Crippen LogP contribution >= 0.6 is 12.2 Å². The maximum absolute atomic E-state index is 12.9. The van der Waals surface area contributed by atoms with Gasteiger partial charge in [0.2, 0.25) is 0 Å².